The summed E-state index contributed by atoms with van der Waals surface area (Å²) in [7, 11) is 1.03. The van der Waals surface area contributed by atoms with E-state index in [2.05, 4.69) is 4.98 Å². The fourth-order valence-electron chi connectivity index (χ4n) is 5.03. The van der Waals surface area contributed by atoms with Gasteiger partial charge in [0.1, 0.15) is 12.3 Å². The second kappa shape index (κ2) is 8.62. The Morgan fingerprint density at radius 2 is 1.97 bits per heavy atom. The molecule has 200 valence electrons. The van der Waals surface area contributed by atoms with Crippen molar-refractivity contribution in [3.05, 3.63) is 74.0 Å². The van der Waals surface area contributed by atoms with Crippen LogP contribution in [0.2, 0.25) is 0 Å². The summed E-state index contributed by atoms with van der Waals surface area (Å²) in [4.78, 5) is 25.3. The number of nitrogens with two attached hydrogens (primary N) is 1. The molecule has 0 aliphatic carbocycles. The van der Waals surface area contributed by atoms with E-state index in [1.165, 1.54) is 6.92 Å². The number of nitrogens with one attached hydrogen (secondary N) is 1. The molecule has 1 aromatic carbocycles. The van der Waals surface area contributed by atoms with Gasteiger partial charge in [-0.15, -0.1) is 0 Å². The maximum absolute atomic E-state index is 14.6. The maximum atomic E-state index is 14.6. The molecule has 0 radical (unpaired) electrons. The molecule has 2 aromatic rings. The van der Waals surface area contributed by atoms with Gasteiger partial charge in [-0.3, -0.25) is 9.59 Å². The number of primary amides is 1. The van der Waals surface area contributed by atoms with Gasteiger partial charge in [0.25, 0.3) is 5.91 Å². The van der Waals surface area contributed by atoms with Gasteiger partial charge in [0.05, 0.1) is 18.4 Å². The molecule has 0 spiro atoms. The number of hydrogen-bond donors (Lipinski definition) is 3. The van der Waals surface area contributed by atoms with Crippen molar-refractivity contribution in [2.45, 2.75) is 43.7 Å². The summed E-state index contributed by atoms with van der Waals surface area (Å²) in [6.45, 7) is 2.01. The Bertz CT molecular complexity index is 1360. The second-order valence-corrected chi connectivity index (χ2v) is 9.15. The highest BCUT2D eigenvalue weighted by molar-refractivity contribution is 5.82. The number of halogens is 5. The first kappa shape index (κ1) is 26.7. The Labute approximate surface area is 206 Å². The molecule has 6 atom stereocenters. The molecule has 2 aliphatic rings. The maximum Gasteiger partial charge on any atom is 0.417 e. The lowest BCUT2D eigenvalue weighted by atomic mass is 9.76. The summed E-state index contributed by atoms with van der Waals surface area (Å²) in [5, 5.41) is 22.2. The Morgan fingerprint density at radius 3 is 2.54 bits per heavy atom. The third-order valence-electron chi connectivity index (χ3n) is 7.11. The molecule has 2 aliphatic heterocycles. The number of methoxy groups -OCH3 is 1. The Balaban J connectivity index is 1.95. The summed E-state index contributed by atoms with van der Waals surface area (Å²) in [6.07, 6.45) is -4.89. The smallest absolute Gasteiger partial charge is 0.417 e. The monoisotopic (exact) mass is 531 g/mol. The topological polar surface area (TPSA) is 138 Å². The second-order valence-electron chi connectivity index (χ2n) is 9.15. The average molecular weight is 531 g/mol. The van der Waals surface area contributed by atoms with Crippen LogP contribution in [0.1, 0.15) is 54.4 Å². The van der Waals surface area contributed by atoms with Gasteiger partial charge in [0.2, 0.25) is 11.9 Å². The van der Waals surface area contributed by atoms with Gasteiger partial charge in [-0.25, -0.2) is 9.60 Å². The fraction of sp³-hybridized carbons (Fsp3) is 0.391. The van der Waals surface area contributed by atoms with E-state index < -0.39 is 74.9 Å². The molecular formula is C23H22F5N3O6. The van der Waals surface area contributed by atoms with Crippen molar-refractivity contribution in [1.82, 2.24) is 4.98 Å². The number of pyridine rings is 1. The first-order chi connectivity index (χ1) is 17.0. The molecule has 4 N–H and O–H groups in total. The van der Waals surface area contributed by atoms with Crippen molar-refractivity contribution < 1.29 is 46.2 Å². The standard InChI is InChI=1S/C23H22F5N3O6/c1-9-15(10-4-5-11(24)17(25)19(10)36-3)20(37-22(9,2)23(26,27)28)13-8-14(32)16-12(30-13)6-7-31(34,35)18(16)21(29)33/h4-9,15,18,20,34H,1-3H3,(H2,29,33)(H,30,32)/t9-,15-,18?,20-,22+/m0/s1. The van der Waals surface area contributed by atoms with Crippen LogP contribution in [0, 0.1) is 22.8 Å². The van der Waals surface area contributed by atoms with E-state index in [-0.39, 0.29) is 17.0 Å². The molecule has 1 amide bonds. The molecule has 3 heterocycles. The number of aromatic amines is 1. The zero-order valence-electron chi connectivity index (χ0n) is 19.6. The third-order valence-corrected chi connectivity index (χ3v) is 7.11. The van der Waals surface area contributed by atoms with E-state index in [0.29, 0.717) is 6.20 Å². The van der Waals surface area contributed by atoms with Gasteiger partial charge in [-0.1, -0.05) is 13.0 Å². The molecule has 9 nitrogen and oxygen atoms in total. The Hall–Kier alpha value is -3.33. The summed E-state index contributed by atoms with van der Waals surface area (Å²) in [5.74, 6) is -7.34. The molecule has 1 saturated heterocycles. The number of H-pyrrole nitrogens is 1. The summed E-state index contributed by atoms with van der Waals surface area (Å²) in [5.41, 5.74) is 0.422. The Kier molecular flexibility index (Phi) is 6.22. The first-order valence-electron chi connectivity index (χ1n) is 10.9. The number of benzene rings is 1. The minimum atomic E-state index is -4.91. The molecule has 37 heavy (non-hydrogen) atoms. The van der Waals surface area contributed by atoms with E-state index in [1.54, 1.807) is 0 Å². The van der Waals surface area contributed by atoms with Gasteiger partial charge in [-0.05, 0) is 13.0 Å². The zero-order valence-corrected chi connectivity index (χ0v) is 19.6. The van der Waals surface area contributed by atoms with Crippen LogP contribution in [0.15, 0.2) is 29.2 Å². The number of nitrogens with zero attached hydrogens (tertiary/aromatic N) is 1. The highest BCUT2D eigenvalue weighted by atomic mass is 19.4. The number of quaternary nitrogens is 1. The zero-order chi connectivity index (χ0) is 27.7. The van der Waals surface area contributed by atoms with Crippen molar-refractivity contribution in [2.24, 2.45) is 11.7 Å². The van der Waals surface area contributed by atoms with Crippen LogP contribution < -0.4 is 15.9 Å². The SMILES string of the molecule is COc1c([C@H]2[C@H](c3cc(=O)c4c([nH]3)C=C[N+]([O-])(O)C4C(N)=O)O[C@@](C)(C(F)(F)F)[C@H]2C)ccc(F)c1F. The lowest BCUT2D eigenvalue weighted by Crippen LogP contribution is -2.48. The van der Waals surface area contributed by atoms with Crippen LogP contribution in [0.4, 0.5) is 22.0 Å². The van der Waals surface area contributed by atoms with Crippen LogP contribution in [-0.4, -0.2) is 39.8 Å². The molecular weight excluding hydrogens is 509 g/mol. The number of fused-ring (bicyclic) bond motifs is 1. The van der Waals surface area contributed by atoms with Crippen molar-refractivity contribution in [1.29, 1.82) is 0 Å². The van der Waals surface area contributed by atoms with Crippen molar-refractivity contribution >= 4 is 12.0 Å². The number of carbonyl (C=O) groups excluding carboxylic acids is 1. The molecule has 0 bridgehead atoms. The summed E-state index contributed by atoms with van der Waals surface area (Å²) >= 11 is 0. The quantitative estimate of drug-likeness (QED) is 0.313. The molecule has 2 unspecified atom stereocenters. The summed E-state index contributed by atoms with van der Waals surface area (Å²) in [6, 6.07) is 0.588. The minimum absolute atomic E-state index is 0.137. The molecule has 1 aromatic heterocycles. The number of hydrogen-bond acceptors (Lipinski definition) is 6. The van der Waals surface area contributed by atoms with Crippen LogP contribution in [0.5, 0.6) is 5.75 Å². The van der Waals surface area contributed by atoms with E-state index in [9.17, 15) is 42.0 Å². The predicted octanol–water partition coefficient (Wildman–Crippen LogP) is 3.69. The van der Waals surface area contributed by atoms with E-state index in [0.717, 1.165) is 38.3 Å². The van der Waals surface area contributed by atoms with Crippen molar-refractivity contribution in [3.63, 3.8) is 0 Å². The van der Waals surface area contributed by atoms with Gasteiger partial charge < -0.3 is 25.4 Å². The van der Waals surface area contributed by atoms with E-state index in [1.807, 2.05) is 0 Å². The van der Waals surface area contributed by atoms with Crippen molar-refractivity contribution in [2.75, 3.05) is 7.11 Å². The highest BCUT2D eigenvalue weighted by Gasteiger charge is 2.65. The lowest BCUT2D eigenvalue weighted by Gasteiger charge is -2.38. The molecule has 0 saturated carbocycles. The van der Waals surface area contributed by atoms with E-state index in [4.69, 9.17) is 15.2 Å². The number of rotatable bonds is 4. The van der Waals surface area contributed by atoms with Crippen molar-refractivity contribution in [3.8, 4) is 5.75 Å². The number of aromatic nitrogens is 1. The lowest BCUT2D eigenvalue weighted by molar-refractivity contribution is -1.04. The number of hydroxylamine groups is 4. The van der Waals surface area contributed by atoms with E-state index >= 15 is 0 Å². The van der Waals surface area contributed by atoms with Gasteiger partial charge >= 0.3 is 6.18 Å². The number of carbonyl (C=O) groups is 1. The number of ether oxygens (including phenoxy) is 2. The van der Waals surface area contributed by atoms with Crippen LogP contribution in [-0.2, 0) is 9.53 Å². The molecule has 14 heteroatoms. The van der Waals surface area contributed by atoms with Crippen LogP contribution >= 0.6 is 0 Å². The van der Waals surface area contributed by atoms with Crippen LogP contribution in [0.3, 0.4) is 0 Å². The highest BCUT2D eigenvalue weighted by Crippen LogP contribution is 2.59. The molecule has 1 fully saturated rings. The third kappa shape index (κ3) is 4.00. The fourth-order valence-corrected chi connectivity index (χ4v) is 5.03. The number of alkyl halides is 3. The average Bonchev–Trinajstić information content (AvgIpc) is 3.07. The largest absolute Gasteiger partial charge is 0.593 e. The molecule has 4 rings (SSSR count). The van der Waals surface area contributed by atoms with Gasteiger partial charge in [-0.2, -0.15) is 22.4 Å². The predicted molar refractivity (Wildman–Crippen MR) is 117 cm³/mol. The number of amides is 1. The first-order valence-corrected chi connectivity index (χ1v) is 10.9. The Morgan fingerprint density at radius 1 is 1.32 bits per heavy atom. The summed E-state index contributed by atoms with van der Waals surface area (Å²) < 4.78 is 81.5. The van der Waals surface area contributed by atoms with Gasteiger partial charge in [0, 0.05) is 35.2 Å². The normalized spacial score (nSPS) is 31.3. The van der Waals surface area contributed by atoms with Crippen LogP contribution in [0.25, 0.3) is 6.08 Å². The minimum Gasteiger partial charge on any atom is -0.593 e. The van der Waals surface area contributed by atoms with Gasteiger partial charge in [0.15, 0.2) is 22.6 Å².